The second kappa shape index (κ2) is 8.28. The highest BCUT2D eigenvalue weighted by molar-refractivity contribution is 5.92. The van der Waals surface area contributed by atoms with Crippen LogP contribution in [0.1, 0.15) is 34.0 Å². The molecule has 168 valence electrons. The summed E-state index contributed by atoms with van der Waals surface area (Å²) in [6.07, 6.45) is 0.709. The van der Waals surface area contributed by atoms with Crippen LogP contribution in [-0.2, 0) is 6.42 Å². The second-order valence-electron chi connectivity index (χ2n) is 8.50. The SMILES string of the molecule is COc1ccc2[nH]c3c(c2c1)CCN(C(=O)Nc1cccc(C)c1C)C3c1ccc(F)cc1. The van der Waals surface area contributed by atoms with E-state index >= 15 is 0 Å². The predicted octanol–water partition coefficient (Wildman–Crippen LogP) is 6.11. The fourth-order valence-electron chi connectivity index (χ4n) is 4.68. The molecule has 0 fully saturated rings. The summed E-state index contributed by atoms with van der Waals surface area (Å²) in [6.45, 7) is 4.57. The summed E-state index contributed by atoms with van der Waals surface area (Å²) in [6, 6.07) is 17.7. The number of amides is 2. The van der Waals surface area contributed by atoms with Crippen molar-refractivity contribution < 1.29 is 13.9 Å². The van der Waals surface area contributed by atoms with Crippen LogP contribution in [0.25, 0.3) is 10.9 Å². The van der Waals surface area contributed by atoms with Gasteiger partial charge in [0.1, 0.15) is 11.6 Å². The molecular weight excluding hydrogens is 417 g/mol. The van der Waals surface area contributed by atoms with Crippen molar-refractivity contribution in [1.82, 2.24) is 9.88 Å². The largest absolute Gasteiger partial charge is 0.497 e. The third kappa shape index (κ3) is 3.71. The minimum absolute atomic E-state index is 0.181. The lowest BCUT2D eigenvalue weighted by Crippen LogP contribution is -2.43. The van der Waals surface area contributed by atoms with E-state index in [0.29, 0.717) is 13.0 Å². The van der Waals surface area contributed by atoms with Gasteiger partial charge in [-0.1, -0.05) is 24.3 Å². The Bertz CT molecular complexity index is 1340. The van der Waals surface area contributed by atoms with Crippen LogP contribution in [0.5, 0.6) is 5.75 Å². The van der Waals surface area contributed by atoms with Crippen LogP contribution in [0.4, 0.5) is 14.9 Å². The molecule has 0 saturated heterocycles. The van der Waals surface area contributed by atoms with Crippen LogP contribution in [0, 0.1) is 19.7 Å². The molecule has 3 aromatic carbocycles. The Morgan fingerprint density at radius 1 is 1.12 bits per heavy atom. The number of hydrogen-bond acceptors (Lipinski definition) is 2. The second-order valence-corrected chi connectivity index (χ2v) is 8.50. The first-order valence-electron chi connectivity index (χ1n) is 11.0. The number of nitrogens with one attached hydrogen (secondary N) is 2. The average Bonchev–Trinajstić information content (AvgIpc) is 3.20. The Kier molecular flexibility index (Phi) is 5.29. The van der Waals surface area contributed by atoms with Gasteiger partial charge in [-0.15, -0.1) is 0 Å². The number of fused-ring (bicyclic) bond motifs is 3. The highest BCUT2D eigenvalue weighted by atomic mass is 19.1. The number of aryl methyl sites for hydroxylation is 1. The first-order chi connectivity index (χ1) is 16.0. The lowest BCUT2D eigenvalue weighted by Gasteiger charge is -2.36. The van der Waals surface area contributed by atoms with Gasteiger partial charge in [0.15, 0.2) is 0 Å². The third-order valence-corrected chi connectivity index (χ3v) is 6.63. The van der Waals surface area contributed by atoms with Crippen LogP contribution in [-0.4, -0.2) is 29.6 Å². The number of aromatic nitrogens is 1. The molecule has 4 aromatic rings. The molecular formula is C27H26FN3O2. The fourth-order valence-corrected chi connectivity index (χ4v) is 4.68. The van der Waals surface area contributed by atoms with Crippen LogP contribution in [0.2, 0.25) is 0 Å². The zero-order valence-corrected chi connectivity index (χ0v) is 18.9. The van der Waals surface area contributed by atoms with Crippen LogP contribution in [0.15, 0.2) is 60.7 Å². The van der Waals surface area contributed by atoms with Crippen molar-refractivity contribution in [2.45, 2.75) is 26.3 Å². The molecule has 5 nitrogen and oxygen atoms in total. The summed E-state index contributed by atoms with van der Waals surface area (Å²) in [5.74, 6) is 0.486. The standard InChI is InChI=1S/C27H26FN3O2/c1-16-5-4-6-23(17(16)2)30-27(32)31-14-13-21-22-15-20(33-3)11-12-24(22)29-25(21)26(31)18-7-9-19(28)10-8-18/h4-12,15,26,29H,13-14H2,1-3H3,(H,30,32). The van der Waals surface area contributed by atoms with E-state index in [-0.39, 0.29) is 17.9 Å². The molecule has 6 heteroatoms. The van der Waals surface area contributed by atoms with Gasteiger partial charge in [0.2, 0.25) is 0 Å². The number of carbonyl (C=O) groups is 1. The van der Waals surface area contributed by atoms with E-state index in [1.165, 1.54) is 12.1 Å². The number of benzene rings is 3. The number of hydrogen-bond donors (Lipinski definition) is 2. The molecule has 33 heavy (non-hydrogen) atoms. The van der Waals surface area contributed by atoms with Gasteiger partial charge in [-0.25, -0.2) is 9.18 Å². The van der Waals surface area contributed by atoms with Crippen molar-refractivity contribution in [2.75, 3.05) is 19.0 Å². The molecule has 1 unspecified atom stereocenters. The normalized spacial score (nSPS) is 15.4. The quantitative estimate of drug-likeness (QED) is 0.401. The molecule has 1 aromatic heterocycles. The first kappa shape index (κ1) is 21.1. The molecule has 2 heterocycles. The zero-order chi connectivity index (χ0) is 23.1. The zero-order valence-electron chi connectivity index (χ0n) is 18.9. The Morgan fingerprint density at radius 2 is 1.91 bits per heavy atom. The van der Waals surface area contributed by atoms with E-state index in [1.54, 1.807) is 19.2 Å². The summed E-state index contributed by atoms with van der Waals surface area (Å²) in [7, 11) is 1.65. The maximum Gasteiger partial charge on any atom is 0.322 e. The Hall–Kier alpha value is -3.80. The number of carbonyl (C=O) groups excluding carboxylic acids is 1. The molecule has 0 bridgehead atoms. The molecule has 0 radical (unpaired) electrons. The summed E-state index contributed by atoms with van der Waals surface area (Å²) >= 11 is 0. The van der Waals surface area contributed by atoms with Gasteiger partial charge in [-0.2, -0.15) is 0 Å². The lowest BCUT2D eigenvalue weighted by molar-refractivity contribution is 0.193. The van der Waals surface area contributed by atoms with Crippen LogP contribution in [0.3, 0.4) is 0 Å². The Balaban J connectivity index is 1.59. The van der Waals surface area contributed by atoms with Gasteiger partial charge < -0.3 is 19.9 Å². The molecule has 1 aliphatic rings. The highest BCUT2D eigenvalue weighted by Crippen LogP contribution is 2.39. The number of aromatic amines is 1. The van der Waals surface area contributed by atoms with Crippen molar-refractivity contribution in [1.29, 1.82) is 0 Å². The van der Waals surface area contributed by atoms with E-state index in [1.807, 2.05) is 55.1 Å². The van der Waals surface area contributed by atoms with Crippen molar-refractivity contribution in [3.05, 3.63) is 94.4 Å². The maximum absolute atomic E-state index is 13.7. The average molecular weight is 444 g/mol. The van der Waals surface area contributed by atoms with E-state index in [4.69, 9.17) is 4.74 Å². The van der Waals surface area contributed by atoms with Crippen molar-refractivity contribution in [3.63, 3.8) is 0 Å². The van der Waals surface area contributed by atoms with Gasteiger partial charge in [0.25, 0.3) is 0 Å². The van der Waals surface area contributed by atoms with Gasteiger partial charge in [-0.05, 0) is 78.9 Å². The topological polar surface area (TPSA) is 57.4 Å². The predicted molar refractivity (Wildman–Crippen MR) is 128 cm³/mol. The fraction of sp³-hybridized carbons (Fsp3) is 0.222. The summed E-state index contributed by atoms with van der Waals surface area (Å²) in [5.41, 5.74) is 6.91. The highest BCUT2D eigenvalue weighted by Gasteiger charge is 2.35. The van der Waals surface area contributed by atoms with Crippen LogP contribution < -0.4 is 10.1 Å². The summed E-state index contributed by atoms with van der Waals surface area (Å²) < 4.78 is 19.1. The van der Waals surface area contributed by atoms with Gasteiger partial charge in [-0.3, -0.25) is 0 Å². The van der Waals surface area contributed by atoms with Crippen molar-refractivity contribution >= 4 is 22.6 Å². The number of H-pyrrole nitrogens is 1. The van der Waals surface area contributed by atoms with Crippen LogP contribution >= 0.6 is 0 Å². The van der Waals surface area contributed by atoms with E-state index in [0.717, 1.165) is 50.3 Å². The van der Waals surface area contributed by atoms with Gasteiger partial charge in [0.05, 0.1) is 13.2 Å². The molecule has 2 N–H and O–H groups in total. The Morgan fingerprint density at radius 3 is 2.67 bits per heavy atom. The number of nitrogens with zero attached hydrogens (tertiary/aromatic N) is 1. The van der Waals surface area contributed by atoms with E-state index in [9.17, 15) is 9.18 Å². The lowest BCUT2D eigenvalue weighted by atomic mass is 9.92. The number of rotatable bonds is 3. The minimum Gasteiger partial charge on any atom is -0.497 e. The smallest absolute Gasteiger partial charge is 0.322 e. The molecule has 1 atom stereocenters. The molecule has 0 spiro atoms. The number of anilines is 1. The monoisotopic (exact) mass is 443 g/mol. The van der Waals surface area contributed by atoms with E-state index < -0.39 is 0 Å². The van der Waals surface area contributed by atoms with Gasteiger partial charge >= 0.3 is 6.03 Å². The number of ether oxygens (including phenoxy) is 1. The van der Waals surface area contributed by atoms with Crippen molar-refractivity contribution in [2.24, 2.45) is 0 Å². The third-order valence-electron chi connectivity index (χ3n) is 6.63. The molecule has 1 aliphatic heterocycles. The van der Waals surface area contributed by atoms with E-state index in [2.05, 4.69) is 10.3 Å². The molecule has 0 saturated carbocycles. The summed E-state index contributed by atoms with van der Waals surface area (Å²) in [5, 5.41) is 4.18. The Labute approximate surface area is 192 Å². The summed E-state index contributed by atoms with van der Waals surface area (Å²) in [4.78, 5) is 18.9. The minimum atomic E-state index is -0.363. The molecule has 5 rings (SSSR count). The number of methoxy groups -OCH3 is 1. The maximum atomic E-state index is 13.7. The van der Waals surface area contributed by atoms with Crippen molar-refractivity contribution in [3.8, 4) is 5.75 Å². The molecule has 0 aliphatic carbocycles. The first-order valence-corrected chi connectivity index (χ1v) is 11.0. The number of halogens is 1. The molecule has 2 amide bonds. The van der Waals surface area contributed by atoms with Gasteiger partial charge in [0, 0.05) is 28.8 Å². The number of urea groups is 1.